The van der Waals surface area contributed by atoms with Crippen molar-refractivity contribution in [1.29, 1.82) is 0 Å². The minimum absolute atomic E-state index is 0.0224. The van der Waals surface area contributed by atoms with Gasteiger partial charge in [-0.05, 0) is 61.8 Å². The predicted molar refractivity (Wildman–Crippen MR) is 139 cm³/mol. The van der Waals surface area contributed by atoms with Crippen LogP contribution < -0.4 is 4.90 Å². The Morgan fingerprint density at radius 2 is 1.82 bits per heavy atom. The van der Waals surface area contributed by atoms with Gasteiger partial charge < -0.3 is 4.90 Å². The maximum Gasteiger partial charge on any atom is 0.416 e. The van der Waals surface area contributed by atoms with E-state index in [2.05, 4.69) is 23.1 Å². The molecule has 1 aliphatic carbocycles. The molecule has 3 aromatic heterocycles. The van der Waals surface area contributed by atoms with Crippen LogP contribution >= 0.6 is 11.3 Å². The first-order chi connectivity index (χ1) is 18.2. The maximum atomic E-state index is 15.1. The van der Waals surface area contributed by atoms with Crippen molar-refractivity contribution in [2.75, 3.05) is 18.0 Å². The fourth-order valence-electron chi connectivity index (χ4n) is 5.08. The molecule has 38 heavy (non-hydrogen) atoms. The number of aromatic nitrogens is 5. The van der Waals surface area contributed by atoms with Gasteiger partial charge >= 0.3 is 6.18 Å². The number of halogens is 4. The summed E-state index contributed by atoms with van der Waals surface area (Å²) in [5.41, 5.74) is 0.885. The smallest absolute Gasteiger partial charge is 0.348 e. The van der Waals surface area contributed by atoms with Crippen LogP contribution in [0, 0.1) is 5.82 Å². The van der Waals surface area contributed by atoms with Crippen LogP contribution in [0.25, 0.3) is 21.6 Å². The molecule has 0 spiro atoms. The van der Waals surface area contributed by atoms with Gasteiger partial charge in [0.05, 0.1) is 23.5 Å². The number of anilines is 1. The largest absolute Gasteiger partial charge is 0.416 e. The van der Waals surface area contributed by atoms with Crippen LogP contribution in [0.2, 0.25) is 0 Å². The molecular formula is C27H28F4N6S. The normalized spacial score (nSPS) is 17.9. The fourth-order valence-corrected chi connectivity index (χ4v) is 6.14. The number of nitrogens with zero attached hydrogens (tertiary/aromatic N) is 6. The van der Waals surface area contributed by atoms with Gasteiger partial charge in [-0.1, -0.05) is 25.2 Å². The van der Waals surface area contributed by atoms with Gasteiger partial charge in [0.25, 0.3) is 0 Å². The molecule has 6 rings (SSSR count). The van der Waals surface area contributed by atoms with Gasteiger partial charge in [-0.25, -0.2) is 14.4 Å². The van der Waals surface area contributed by atoms with Gasteiger partial charge in [0.1, 0.15) is 16.3 Å². The minimum atomic E-state index is -4.63. The van der Waals surface area contributed by atoms with Crippen LogP contribution in [0.3, 0.4) is 0 Å². The van der Waals surface area contributed by atoms with Crippen LogP contribution in [0.15, 0.2) is 30.6 Å². The van der Waals surface area contributed by atoms with E-state index in [1.54, 1.807) is 0 Å². The molecule has 1 saturated carbocycles. The highest BCUT2D eigenvalue weighted by molar-refractivity contribution is 7.22. The van der Waals surface area contributed by atoms with Crippen molar-refractivity contribution in [3.8, 4) is 11.3 Å². The molecule has 2 atom stereocenters. The zero-order valence-electron chi connectivity index (χ0n) is 21.2. The van der Waals surface area contributed by atoms with Gasteiger partial charge in [-0.3, -0.25) is 4.68 Å². The van der Waals surface area contributed by atoms with Gasteiger partial charge in [0.2, 0.25) is 0 Å². The summed E-state index contributed by atoms with van der Waals surface area (Å²) in [6, 6.07) is 3.11. The molecule has 11 heteroatoms. The van der Waals surface area contributed by atoms with E-state index in [1.165, 1.54) is 17.4 Å². The van der Waals surface area contributed by atoms with E-state index in [0.717, 1.165) is 62.0 Å². The lowest BCUT2D eigenvalue weighted by molar-refractivity contribution is -0.137. The Morgan fingerprint density at radius 3 is 2.50 bits per heavy atom. The van der Waals surface area contributed by atoms with E-state index >= 15 is 4.39 Å². The van der Waals surface area contributed by atoms with E-state index in [4.69, 9.17) is 15.0 Å². The topological polar surface area (TPSA) is 59.7 Å². The number of benzene rings is 1. The lowest BCUT2D eigenvalue weighted by atomic mass is 9.92. The Bertz CT molecular complexity index is 1470. The van der Waals surface area contributed by atoms with Crippen LogP contribution in [-0.4, -0.2) is 37.8 Å². The maximum absolute atomic E-state index is 15.1. The summed E-state index contributed by atoms with van der Waals surface area (Å²) in [6.45, 7) is 5.91. The van der Waals surface area contributed by atoms with E-state index in [0.29, 0.717) is 34.0 Å². The second-order valence-corrected chi connectivity index (χ2v) is 11.5. The zero-order valence-corrected chi connectivity index (χ0v) is 22.0. The average molecular weight is 545 g/mol. The van der Waals surface area contributed by atoms with Crippen molar-refractivity contribution in [1.82, 2.24) is 24.7 Å². The summed E-state index contributed by atoms with van der Waals surface area (Å²) in [5.74, 6) is -0.354. The molecule has 0 N–H and O–H groups in total. The third-order valence-electron chi connectivity index (χ3n) is 7.45. The first-order valence-electron chi connectivity index (χ1n) is 13.0. The fraction of sp³-hybridized carbons (Fsp3) is 0.481. The standard InChI is InChI=1S/C27H28F4N6S/c1-15(17-13-32-37(14-17)19-6-7-19)11-16(2)24-33-22(20-8-5-18(12-21(20)28)27(29,30)31)23-25(34-24)35-26(38-23)36-9-3-4-10-36/h5,8,12-16,19H,3-4,6-7,9-11H2,1-2H3. The van der Waals surface area contributed by atoms with E-state index in [1.807, 2.05) is 17.8 Å². The van der Waals surface area contributed by atoms with Crippen LogP contribution in [0.1, 0.15) is 80.8 Å². The zero-order chi connectivity index (χ0) is 26.6. The molecule has 1 aromatic carbocycles. The third kappa shape index (κ3) is 4.88. The van der Waals surface area contributed by atoms with E-state index in [-0.39, 0.29) is 17.4 Å². The minimum Gasteiger partial charge on any atom is -0.348 e. The molecule has 0 amide bonds. The summed E-state index contributed by atoms with van der Waals surface area (Å²) in [7, 11) is 0. The molecule has 2 aliphatic rings. The quantitative estimate of drug-likeness (QED) is 0.228. The number of rotatable bonds is 7. The highest BCUT2D eigenvalue weighted by atomic mass is 32.1. The van der Waals surface area contributed by atoms with Gasteiger partial charge in [0.15, 0.2) is 10.8 Å². The van der Waals surface area contributed by atoms with Gasteiger partial charge in [-0.2, -0.15) is 23.3 Å². The summed E-state index contributed by atoms with van der Waals surface area (Å²) in [4.78, 5) is 16.4. The number of hydrogen-bond donors (Lipinski definition) is 0. The number of alkyl halides is 3. The Labute approximate surface area is 221 Å². The Morgan fingerprint density at radius 1 is 1.05 bits per heavy atom. The van der Waals surface area contributed by atoms with Crippen LogP contribution in [0.4, 0.5) is 22.7 Å². The third-order valence-corrected chi connectivity index (χ3v) is 8.56. The van der Waals surface area contributed by atoms with E-state index < -0.39 is 17.6 Å². The molecule has 4 aromatic rings. The number of fused-ring (bicyclic) bond motifs is 1. The molecule has 0 bridgehead atoms. The van der Waals surface area contributed by atoms with Crippen molar-refractivity contribution in [3.05, 3.63) is 53.4 Å². The monoisotopic (exact) mass is 544 g/mol. The predicted octanol–water partition coefficient (Wildman–Crippen LogP) is 7.34. The molecule has 1 aliphatic heterocycles. The summed E-state index contributed by atoms with van der Waals surface area (Å²) >= 11 is 1.37. The highest BCUT2D eigenvalue weighted by Gasteiger charge is 2.32. The molecule has 200 valence electrons. The Hall–Kier alpha value is -3.08. The molecule has 0 radical (unpaired) electrons. The second-order valence-electron chi connectivity index (χ2n) is 10.5. The lowest BCUT2D eigenvalue weighted by Crippen LogP contribution is -2.16. The summed E-state index contributed by atoms with van der Waals surface area (Å²) < 4.78 is 57.4. The molecule has 2 fully saturated rings. The second kappa shape index (κ2) is 9.59. The van der Waals surface area contributed by atoms with Crippen molar-refractivity contribution in [2.45, 2.75) is 70.0 Å². The Kier molecular flexibility index (Phi) is 6.36. The van der Waals surface area contributed by atoms with Gasteiger partial charge in [-0.15, -0.1) is 0 Å². The molecule has 4 heterocycles. The first-order valence-corrected chi connectivity index (χ1v) is 13.8. The average Bonchev–Trinajstić information content (AvgIpc) is 3.28. The molecule has 6 nitrogen and oxygen atoms in total. The molecule has 1 saturated heterocycles. The number of thiazole rings is 1. The van der Waals surface area contributed by atoms with Gasteiger partial charge in [0, 0.05) is 30.8 Å². The highest BCUT2D eigenvalue weighted by Crippen LogP contribution is 2.40. The van der Waals surface area contributed by atoms with Crippen molar-refractivity contribution in [3.63, 3.8) is 0 Å². The van der Waals surface area contributed by atoms with Crippen molar-refractivity contribution >= 4 is 26.8 Å². The van der Waals surface area contributed by atoms with E-state index in [9.17, 15) is 13.2 Å². The number of hydrogen-bond acceptors (Lipinski definition) is 6. The summed E-state index contributed by atoms with van der Waals surface area (Å²) in [5, 5.41) is 5.28. The van der Waals surface area contributed by atoms with Crippen molar-refractivity contribution < 1.29 is 17.6 Å². The van der Waals surface area contributed by atoms with Crippen LogP contribution in [-0.2, 0) is 6.18 Å². The molecule has 2 unspecified atom stereocenters. The SMILES string of the molecule is CC(CC(C)c1nc(-c2ccc(C(F)(F)F)cc2F)c2sc(N3CCCC3)nc2n1)c1cnn(C2CC2)c1. The lowest BCUT2D eigenvalue weighted by Gasteiger charge is -2.16. The van der Waals surface area contributed by atoms with Crippen LogP contribution in [0.5, 0.6) is 0 Å². The van der Waals surface area contributed by atoms with Crippen molar-refractivity contribution in [2.24, 2.45) is 0 Å². The Balaban J connectivity index is 1.37. The first kappa shape index (κ1) is 25.2. The molecular weight excluding hydrogens is 516 g/mol. The summed E-state index contributed by atoms with van der Waals surface area (Å²) in [6.07, 6.45) is 4.58.